The second-order valence-electron chi connectivity index (χ2n) is 8.59. The number of carbonyl (C=O) groups is 2. The molecule has 6 nitrogen and oxygen atoms in total. The first-order chi connectivity index (χ1) is 16.5. The maximum absolute atomic E-state index is 13.4. The van der Waals surface area contributed by atoms with Gasteiger partial charge in [-0.15, -0.1) is 0 Å². The Morgan fingerprint density at radius 1 is 1.09 bits per heavy atom. The van der Waals surface area contributed by atoms with Crippen LogP contribution in [0.4, 0.5) is 0 Å². The molecule has 0 unspecified atom stereocenters. The van der Waals surface area contributed by atoms with Crippen molar-refractivity contribution in [3.05, 3.63) is 82.2 Å². The summed E-state index contributed by atoms with van der Waals surface area (Å²) < 4.78 is 17.1. The van der Waals surface area contributed by atoms with E-state index in [0.29, 0.717) is 41.4 Å². The number of rotatable bonds is 8. The largest absolute Gasteiger partial charge is 0.493 e. The fourth-order valence-electron chi connectivity index (χ4n) is 4.58. The Kier molecular flexibility index (Phi) is 7.36. The van der Waals surface area contributed by atoms with Gasteiger partial charge in [0.25, 0.3) is 0 Å². The van der Waals surface area contributed by atoms with E-state index < -0.39 is 11.9 Å². The SMILES string of the molecule is CCCOc1ccc([C@H]2C(C(=O)OCc3ccccc3)=C(C)NC3=C2C(=O)CCC3)cc1OC. The summed E-state index contributed by atoms with van der Waals surface area (Å²) in [6.07, 6.45) is 2.92. The van der Waals surface area contributed by atoms with E-state index in [2.05, 4.69) is 5.32 Å². The number of hydrogen-bond donors (Lipinski definition) is 1. The standard InChI is InChI=1S/C28H31NO5/c1-4-15-33-23-14-13-20(16-24(23)32-3)26-25(28(31)34-17-19-9-6-5-7-10-19)18(2)29-21-11-8-12-22(30)27(21)26/h5-7,9-10,13-14,16,26,29H,4,8,11-12,15,17H2,1-3H3/t26-/m0/s1. The zero-order valence-corrected chi connectivity index (χ0v) is 20.0. The summed E-state index contributed by atoms with van der Waals surface area (Å²) in [6, 6.07) is 15.2. The molecular weight excluding hydrogens is 430 g/mol. The van der Waals surface area contributed by atoms with Crippen LogP contribution in [0.25, 0.3) is 0 Å². The summed E-state index contributed by atoms with van der Waals surface area (Å²) in [5.74, 6) is 0.310. The molecule has 2 aromatic rings. The second kappa shape index (κ2) is 10.6. The third-order valence-corrected chi connectivity index (χ3v) is 6.19. The summed E-state index contributed by atoms with van der Waals surface area (Å²) >= 11 is 0. The zero-order valence-electron chi connectivity index (χ0n) is 20.0. The Morgan fingerprint density at radius 3 is 2.62 bits per heavy atom. The fourth-order valence-corrected chi connectivity index (χ4v) is 4.58. The summed E-state index contributed by atoms with van der Waals surface area (Å²) in [5.41, 5.74) is 4.41. The van der Waals surface area contributed by atoms with Gasteiger partial charge in [-0.05, 0) is 49.4 Å². The lowest BCUT2D eigenvalue weighted by Crippen LogP contribution is -2.34. The monoisotopic (exact) mass is 461 g/mol. The van der Waals surface area contributed by atoms with E-state index in [9.17, 15) is 9.59 Å². The Labute approximate surface area is 200 Å². The van der Waals surface area contributed by atoms with Gasteiger partial charge in [0.15, 0.2) is 17.3 Å². The molecule has 1 aliphatic carbocycles. The van der Waals surface area contributed by atoms with Crippen LogP contribution in [0.5, 0.6) is 11.5 Å². The van der Waals surface area contributed by atoms with Gasteiger partial charge in [-0.2, -0.15) is 0 Å². The van der Waals surface area contributed by atoms with Crippen LogP contribution < -0.4 is 14.8 Å². The van der Waals surface area contributed by atoms with Crippen LogP contribution in [0, 0.1) is 0 Å². The van der Waals surface area contributed by atoms with Crippen molar-refractivity contribution in [1.82, 2.24) is 5.32 Å². The van der Waals surface area contributed by atoms with Crippen LogP contribution in [0.15, 0.2) is 71.1 Å². The van der Waals surface area contributed by atoms with Crippen molar-refractivity contribution in [2.45, 2.75) is 52.1 Å². The van der Waals surface area contributed by atoms with Gasteiger partial charge in [-0.25, -0.2) is 4.79 Å². The number of ether oxygens (including phenoxy) is 3. The highest BCUT2D eigenvalue weighted by Crippen LogP contribution is 2.44. The second-order valence-corrected chi connectivity index (χ2v) is 8.59. The Balaban J connectivity index is 1.73. The first kappa shape index (κ1) is 23.6. The number of methoxy groups -OCH3 is 1. The summed E-state index contributed by atoms with van der Waals surface area (Å²) in [7, 11) is 1.59. The number of esters is 1. The third-order valence-electron chi connectivity index (χ3n) is 6.19. The molecule has 0 saturated heterocycles. The molecule has 0 spiro atoms. The van der Waals surface area contributed by atoms with Crippen molar-refractivity contribution in [1.29, 1.82) is 0 Å². The zero-order chi connectivity index (χ0) is 24.1. The minimum absolute atomic E-state index is 0.0601. The molecule has 6 heteroatoms. The van der Waals surface area contributed by atoms with Gasteiger partial charge >= 0.3 is 5.97 Å². The van der Waals surface area contributed by atoms with Crippen LogP contribution in [0.1, 0.15) is 56.6 Å². The number of Topliss-reactive ketones (excluding diaryl/α,β-unsaturated/α-hetero) is 1. The predicted octanol–water partition coefficient (Wildman–Crippen LogP) is 5.20. The molecule has 0 saturated carbocycles. The lowest BCUT2D eigenvalue weighted by Gasteiger charge is -2.34. The van der Waals surface area contributed by atoms with Crippen LogP contribution in [0.3, 0.4) is 0 Å². The van der Waals surface area contributed by atoms with E-state index in [4.69, 9.17) is 14.2 Å². The maximum Gasteiger partial charge on any atom is 0.337 e. The van der Waals surface area contributed by atoms with E-state index in [1.165, 1.54) is 0 Å². The molecular formula is C28H31NO5. The molecule has 0 bridgehead atoms. The normalized spacial score (nSPS) is 17.7. The van der Waals surface area contributed by atoms with Gasteiger partial charge in [-0.1, -0.05) is 43.3 Å². The summed E-state index contributed by atoms with van der Waals surface area (Å²) in [4.78, 5) is 26.5. The number of carbonyl (C=O) groups excluding carboxylic acids is 2. The number of hydrogen-bond acceptors (Lipinski definition) is 6. The van der Waals surface area contributed by atoms with Crippen molar-refractivity contribution < 1.29 is 23.8 Å². The highest BCUT2D eigenvalue weighted by molar-refractivity contribution is 6.03. The fraction of sp³-hybridized carbons (Fsp3) is 0.357. The first-order valence-electron chi connectivity index (χ1n) is 11.8. The van der Waals surface area contributed by atoms with Crippen LogP contribution in [-0.4, -0.2) is 25.5 Å². The molecule has 34 heavy (non-hydrogen) atoms. The van der Waals surface area contributed by atoms with Gasteiger partial charge in [0.1, 0.15) is 6.61 Å². The lowest BCUT2D eigenvalue weighted by molar-refractivity contribution is -0.140. The maximum atomic E-state index is 13.4. The minimum atomic E-state index is -0.526. The van der Waals surface area contributed by atoms with E-state index in [-0.39, 0.29) is 12.4 Å². The molecule has 1 aliphatic heterocycles. The summed E-state index contributed by atoms with van der Waals surface area (Å²) in [6.45, 7) is 4.65. The van der Waals surface area contributed by atoms with Crippen LogP contribution in [0.2, 0.25) is 0 Å². The molecule has 2 aromatic carbocycles. The van der Waals surface area contributed by atoms with E-state index in [1.54, 1.807) is 7.11 Å². The van der Waals surface area contributed by atoms with Crippen molar-refractivity contribution in [2.24, 2.45) is 0 Å². The number of ketones is 1. The smallest absolute Gasteiger partial charge is 0.337 e. The van der Waals surface area contributed by atoms with Gasteiger partial charge in [0.05, 0.1) is 19.3 Å². The third kappa shape index (κ3) is 4.86. The van der Waals surface area contributed by atoms with Crippen LogP contribution >= 0.6 is 0 Å². The molecule has 0 fully saturated rings. The average Bonchev–Trinajstić information content (AvgIpc) is 2.86. The summed E-state index contributed by atoms with van der Waals surface area (Å²) in [5, 5.41) is 3.33. The molecule has 1 heterocycles. The average molecular weight is 462 g/mol. The predicted molar refractivity (Wildman–Crippen MR) is 129 cm³/mol. The Hall–Kier alpha value is -3.54. The van der Waals surface area contributed by atoms with Crippen molar-refractivity contribution in [3.63, 3.8) is 0 Å². The van der Waals surface area contributed by atoms with Gasteiger partial charge < -0.3 is 19.5 Å². The number of allylic oxidation sites excluding steroid dienone is 3. The van der Waals surface area contributed by atoms with Crippen molar-refractivity contribution in [2.75, 3.05) is 13.7 Å². The molecule has 1 atom stereocenters. The Morgan fingerprint density at radius 2 is 1.88 bits per heavy atom. The van der Waals surface area contributed by atoms with E-state index in [1.807, 2.05) is 62.4 Å². The minimum Gasteiger partial charge on any atom is -0.493 e. The lowest BCUT2D eigenvalue weighted by atomic mass is 9.75. The molecule has 4 rings (SSSR count). The topological polar surface area (TPSA) is 73.9 Å². The van der Waals surface area contributed by atoms with Gasteiger partial charge in [0, 0.05) is 29.3 Å². The molecule has 0 amide bonds. The number of nitrogens with one attached hydrogen (secondary N) is 1. The van der Waals surface area contributed by atoms with Crippen molar-refractivity contribution in [3.8, 4) is 11.5 Å². The molecule has 178 valence electrons. The highest BCUT2D eigenvalue weighted by Gasteiger charge is 2.39. The molecule has 0 radical (unpaired) electrons. The quantitative estimate of drug-likeness (QED) is 0.545. The number of dihydropyridines is 1. The van der Waals surface area contributed by atoms with Crippen LogP contribution in [-0.2, 0) is 20.9 Å². The molecule has 0 aromatic heterocycles. The highest BCUT2D eigenvalue weighted by atomic mass is 16.5. The molecule has 2 aliphatic rings. The van der Waals surface area contributed by atoms with E-state index >= 15 is 0 Å². The van der Waals surface area contributed by atoms with Gasteiger partial charge in [0.2, 0.25) is 0 Å². The van der Waals surface area contributed by atoms with Gasteiger partial charge in [-0.3, -0.25) is 4.79 Å². The first-order valence-corrected chi connectivity index (χ1v) is 11.8. The van der Waals surface area contributed by atoms with Crippen molar-refractivity contribution >= 4 is 11.8 Å². The Bertz CT molecular complexity index is 1130. The van der Waals surface area contributed by atoms with E-state index in [0.717, 1.165) is 36.1 Å². The molecule has 1 N–H and O–H groups in total. The number of benzene rings is 2.